The molecule has 0 radical (unpaired) electrons. The van der Waals surface area contributed by atoms with E-state index in [0.29, 0.717) is 15.9 Å². The lowest BCUT2D eigenvalue weighted by Crippen LogP contribution is -2.09. The average molecular weight is 274 g/mol. The molecule has 1 aromatic rings. The molecule has 0 fully saturated rings. The largest absolute Gasteiger partial charge is 0.444 e. The molecule has 3 N–H and O–H groups in total. The zero-order chi connectivity index (χ0) is 11.3. The maximum Gasteiger partial charge on any atom is 0.182 e. The lowest BCUT2D eigenvalue weighted by atomic mass is 10.1. The topological polar surface area (TPSA) is 82.1 Å². The Hall–Kier alpha value is -1.14. The summed E-state index contributed by atoms with van der Waals surface area (Å²) in [7, 11) is 0. The van der Waals surface area contributed by atoms with Gasteiger partial charge in [0.25, 0.3) is 0 Å². The Morgan fingerprint density at radius 3 is 3.07 bits per heavy atom. The number of oxazole rings is 1. The van der Waals surface area contributed by atoms with Gasteiger partial charge in [0.05, 0.1) is 0 Å². The molecule has 0 aliphatic carbocycles. The first-order valence-corrected chi connectivity index (χ1v) is 5.20. The maximum atomic E-state index is 9.85. The minimum atomic E-state index is -0.988. The van der Waals surface area contributed by atoms with Crippen molar-refractivity contribution in [3.63, 3.8) is 0 Å². The van der Waals surface area contributed by atoms with Gasteiger partial charge in [-0.1, -0.05) is 0 Å². The lowest BCUT2D eigenvalue weighted by molar-refractivity contribution is 0.190. The molecule has 0 aliphatic heterocycles. The van der Waals surface area contributed by atoms with Crippen LogP contribution in [-0.4, -0.2) is 22.8 Å². The first kappa shape index (κ1) is 11.9. The highest BCUT2D eigenvalue weighted by Gasteiger charge is 2.19. The van der Waals surface area contributed by atoms with E-state index in [1.807, 2.05) is 6.92 Å². The fraction of sp³-hybridized carbons (Fsp3) is 0.333. The monoisotopic (exact) mass is 273 g/mol. The first-order valence-electron chi connectivity index (χ1n) is 4.41. The van der Waals surface area contributed by atoms with E-state index in [4.69, 9.17) is 9.83 Å². The standard InChI is InChI=1S/C9H12BrN3O2/c1-2-12-4-6(3-11)7(14)8-9(10)13-5-15-8/h3-5,7,11-12,14H,2H2,1H3/b6-4+,11-3?. The van der Waals surface area contributed by atoms with Crippen LogP contribution in [0.4, 0.5) is 0 Å². The van der Waals surface area contributed by atoms with E-state index in [2.05, 4.69) is 26.2 Å². The van der Waals surface area contributed by atoms with E-state index >= 15 is 0 Å². The fourth-order valence-corrected chi connectivity index (χ4v) is 1.38. The molecule has 6 heteroatoms. The second kappa shape index (κ2) is 5.67. The first-order chi connectivity index (χ1) is 7.20. The Morgan fingerprint density at radius 2 is 2.60 bits per heavy atom. The van der Waals surface area contributed by atoms with Crippen LogP contribution in [0.25, 0.3) is 0 Å². The molecular weight excluding hydrogens is 262 g/mol. The predicted molar refractivity (Wildman–Crippen MR) is 59.7 cm³/mol. The van der Waals surface area contributed by atoms with Crippen LogP contribution in [0.15, 0.2) is 27.2 Å². The molecule has 5 nitrogen and oxygen atoms in total. The number of nitrogens with one attached hydrogen (secondary N) is 2. The van der Waals surface area contributed by atoms with Crippen LogP contribution in [0.5, 0.6) is 0 Å². The van der Waals surface area contributed by atoms with E-state index in [0.717, 1.165) is 12.8 Å². The highest BCUT2D eigenvalue weighted by Crippen LogP contribution is 2.26. The van der Waals surface area contributed by atoms with E-state index in [-0.39, 0.29) is 0 Å². The van der Waals surface area contributed by atoms with Crippen LogP contribution in [0.2, 0.25) is 0 Å². The molecule has 1 rings (SSSR count). The van der Waals surface area contributed by atoms with Crippen LogP contribution >= 0.6 is 15.9 Å². The zero-order valence-electron chi connectivity index (χ0n) is 8.20. The number of aromatic nitrogens is 1. The molecule has 15 heavy (non-hydrogen) atoms. The number of aliphatic hydroxyl groups excluding tert-OH is 1. The summed E-state index contributed by atoms with van der Waals surface area (Å²) < 4.78 is 5.45. The van der Waals surface area contributed by atoms with Gasteiger partial charge in [-0.15, -0.1) is 0 Å². The van der Waals surface area contributed by atoms with Gasteiger partial charge in [0.15, 0.2) is 16.8 Å². The number of halogens is 1. The summed E-state index contributed by atoms with van der Waals surface area (Å²) in [6.07, 6.45) is 2.89. The summed E-state index contributed by atoms with van der Waals surface area (Å²) in [6, 6.07) is 0. The molecule has 1 heterocycles. The Balaban J connectivity index is 2.86. The van der Waals surface area contributed by atoms with E-state index in [1.165, 1.54) is 6.39 Å². The predicted octanol–water partition coefficient (Wildman–Crippen LogP) is 1.61. The van der Waals surface area contributed by atoms with Crippen LogP contribution < -0.4 is 5.32 Å². The van der Waals surface area contributed by atoms with Crippen LogP contribution in [0.1, 0.15) is 18.8 Å². The van der Waals surface area contributed by atoms with Gasteiger partial charge in [-0.3, -0.25) is 0 Å². The molecular formula is C9H12BrN3O2. The Bertz CT molecular complexity index is 362. The van der Waals surface area contributed by atoms with Crippen molar-refractivity contribution in [1.29, 1.82) is 5.41 Å². The third-order valence-electron chi connectivity index (χ3n) is 1.75. The Labute approximate surface area is 95.8 Å². The lowest BCUT2D eigenvalue weighted by Gasteiger charge is -2.08. The van der Waals surface area contributed by atoms with E-state index in [9.17, 15) is 5.11 Å². The SMILES string of the molecule is CCN/C=C(\C=N)C(O)c1ocnc1Br. The van der Waals surface area contributed by atoms with Crippen molar-refractivity contribution in [3.05, 3.63) is 28.5 Å². The normalized spacial score (nSPS) is 13.7. The summed E-state index contributed by atoms with van der Waals surface area (Å²) in [5.74, 6) is 0.294. The molecule has 0 aliphatic rings. The summed E-state index contributed by atoms with van der Waals surface area (Å²) in [6.45, 7) is 2.65. The van der Waals surface area contributed by atoms with Crippen molar-refractivity contribution in [2.75, 3.05) is 6.54 Å². The average Bonchev–Trinajstić information content (AvgIpc) is 2.65. The third-order valence-corrected chi connectivity index (χ3v) is 2.35. The zero-order valence-corrected chi connectivity index (χ0v) is 9.78. The van der Waals surface area contributed by atoms with Gasteiger partial charge in [0.1, 0.15) is 6.10 Å². The molecule has 1 aromatic heterocycles. The van der Waals surface area contributed by atoms with Crippen LogP contribution in [-0.2, 0) is 0 Å². The van der Waals surface area contributed by atoms with Gasteiger partial charge in [-0.05, 0) is 22.9 Å². The molecule has 1 unspecified atom stereocenters. The van der Waals surface area contributed by atoms with Crippen molar-refractivity contribution < 1.29 is 9.52 Å². The molecule has 0 saturated carbocycles. The third kappa shape index (κ3) is 2.90. The second-order valence-corrected chi connectivity index (χ2v) is 3.51. The number of aliphatic hydroxyl groups is 1. The maximum absolute atomic E-state index is 9.85. The van der Waals surface area contributed by atoms with Crippen molar-refractivity contribution in [1.82, 2.24) is 10.3 Å². The summed E-state index contributed by atoms with van der Waals surface area (Å²) >= 11 is 3.14. The van der Waals surface area contributed by atoms with E-state index in [1.54, 1.807) is 6.20 Å². The molecule has 1 atom stereocenters. The van der Waals surface area contributed by atoms with Crippen molar-refractivity contribution in [3.8, 4) is 0 Å². The van der Waals surface area contributed by atoms with Crippen molar-refractivity contribution >= 4 is 22.1 Å². The molecule has 0 aromatic carbocycles. The summed E-state index contributed by atoms with van der Waals surface area (Å²) in [5, 5.41) is 19.9. The van der Waals surface area contributed by atoms with Crippen molar-refractivity contribution in [2.24, 2.45) is 0 Å². The molecule has 0 saturated heterocycles. The van der Waals surface area contributed by atoms with Crippen LogP contribution in [0.3, 0.4) is 0 Å². The van der Waals surface area contributed by atoms with Gasteiger partial charge in [-0.2, -0.15) is 0 Å². The minimum absolute atomic E-state index is 0.294. The number of rotatable bonds is 5. The fourth-order valence-electron chi connectivity index (χ4n) is 0.990. The number of hydrogen-bond acceptors (Lipinski definition) is 5. The molecule has 0 spiro atoms. The van der Waals surface area contributed by atoms with Gasteiger partial charge < -0.3 is 20.2 Å². The van der Waals surface area contributed by atoms with Crippen molar-refractivity contribution in [2.45, 2.75) is 13.0 Å². The van der Waals surface area contributed by atoms with Gasteiger partial charge >= 0.3 is 0 Å². The summed E-state index contributed by atoms with van der Waals surface area (Å²) in [4.78, 5) is 3.80. The molecule has 82 valence electrons. The highest BCUT2D eigenvalue weighted by molar-refractivity contribution is 9.10. The smallest absolute Gasteiger partial charge is 0.182 e. The molecule has 0 amide bonds. The minimum Gasteiger partial charge on any atom is -0.444 e. The van der Waals surface area contributed by atoms with Crippen LogP contribution in [0, 0.1) is 5.41 Å². The van der Waals surface area contributed by atoms with E-state index < -0.39 is 6.10 Å². The number of hydrogen-bond donors (Lipinski definition) is 3. The Morgan fingerprint density at radius 1 is 1.87 bits per heavy atom. The Kier molecular flexibility index (Phi) is 4.51. The van der Waals surface area contributed by atoms with Gasteiger partial charge in [0.2, 0.25) is 0 Å². The quantitative estimate of drug-likeness (QED) is 0.712. The molecule has 0 bridgehead atoms. The summed E-state index contributed by atoms with van der Waals surface area (Å²) in [5.41, 5.74) is 0.411. The second-order valence-electron chi connectivity index (χ2n) is 2.76. The van der Waals surface area contributed by atoms with Gasteiger partial charge in [0, 0.05) is 24.5 Å². The number of nitrogens with zero attached hydrogens (tertiary/aromatic N) is 1. The highest BCUT2D eigenvalue weighted by atomic mass is 79.9. The van der Waals surface area contributed by atoms with Gasteiger partial charge in [-0.25, -0.2) is 4.98 Å².